The van der Waals surface area contributed by atoms with Crippen LogP contribution in [0.4, 0.5) is 5.69 Å². The smallest absolute Gasteiger partial charge is 0.265 e. The van der Waals surface area contributed by atoms with Crippen molar-refractivity contribution in [2.45, 2.75) is 26.5 Å². The molecule has 28 heavy (non-hydrogen) atoms. The van der Waals surface area contributed by atoms with Crippen LogP contribution in [0.15, 0.2) is 71.3 Å². The van der Waals surface area contributed by atoms with Crippen molar-refractivity contribution in [2.24, 2.45) is 0 Å². The van der Waals surface area contributed by atoms with Crippen molar-refractivity contribution in [1.29, 1.82) is 0 Å². The van der Waals surface area contributed by atoms with Gasteiger partial charge in [0.2, 0.25) is 0 Å². The lowest BCUT2D eigenvalue weighted by molar-refractivity contribution is -0.122. The number of benzene rings is 2. The number of carbonyl (C=O) groups excluding carboxylic acids is 2. The molecule has 2 amide bonds. The zero-order chi connectivity index (χ0) is 19.9. The van der Waals surface area contributed by atoms with Gasteiger partial charge in [0.25, 0.3) is 11.8 Å². The summed E-state index contributed by atoms with van der Waals surface area (Å²) < 4.78 is 10.9. The molecule has 3 aromatic rings. The third-order valence-electron chi connectivity index (χ3n) is 4.10. The van der Waals surface area contributed by atoms with E-state index in [1.165, 1.54) is 0 Å². The van der Waals surface area contributed by atoms with Crippen LogP contribution in [0.2, 0.25) is 0 Å². The van der Waals surface area contributed by atoms with Crippen LogP contribution in [0.5, 0.6) is 5.75 Å². The molecule has 0 saturated carbocycles. The fraction of sp³-hybridized carbons (Fsp3) is 0.182. The van der Waals surface area contributed by atoms with E-state index < -0.39 is 6.10 Å². The van der Waals surface area contributed by atoms with Crippen molar-refractivity contribution in [3.8, 4) is 5.75 Å². The van der Waals surface area contributed by atoms with Gasteiger partial charge in [-0.1, -0.05) is 23.8 Å². The van der Waals surface area contributed by atoms with Crippen LogP contribution in [0, 0.1) is 6.92 Å². The molecular formula is C22H22N2O4. The number of anilines is 1. The first-order valence-electron chi connectivity index (χ1n) is 8.96. The summed E-state index contributed by atoms with van der Waals surface area (Å²) in [7, 11) is 0. The number of hydrogen-bond acceptors (Lipinski definition) is 4. The van der Waals surface area contributed by atoms with Crippen LogP contribution in [0.25, 0.3) is 0 Å². The van der Waals surface area contributed by atoms with E-state index in [4.69, 9.17) is 9.15 Å². The molecule has 1 heterocycles. The molecule has 1 unspecified atom stereocenters. The van der Waals surface area contributed by atoms with Crippen molar-refractivity contribution >= 4 is 17.5 Å². The summed E-state index contributed by atoms with van der Waals surface area (Å²) in [5.41, 5.74) is 2.08. The predicted octanol–water partition coefficient (Wildman–Crippen LogP) is 3.92. The van der Waals surface area contributed by atoms with Gasteiger partial charge in [0.05, 0.1) is 12.8 Å². The molecule has 3 rings (SSSR count). The summed E-state index contributed by atoms with van der Waals surface area (Å²) in [6.07, 6.45) is 0.872. The standard InChI is InChI=1S/C22H22N2O4/c1-15-8-10-19(11-9-15)28-16(2)21(25)24-18-6-3-5-17(13-18)22(26)23-14-20-7-4-12-27-20/h3-13,16H,14H2,1-2H3,(H,23,26)(H,24,25). The second kappa shape index (κ2) is 8.90. The maximum atomic E-state index is 12.4. The fourth-order valence-corrected chi connectivity index (χ4v) is 2.54. The highest BCUT2D eigenvalue weighted by atomic mass is 16.5. The topological polar surface area (TPSA) is 80.6 Å². The van der Waals surface area contributed by atoms with Gasteiger partial charge in [0, 0.05) is 11.3 Å². The normalized spacial score (nSPS) is 11.5. The Kier molecular flexibility index (Phi) is 6.11. The summed E-state index contributed by atoms with van der Waals surface area (Å²) in [4.78, 5) is 24.7. The number of hydrogen-bond donors (Lipinski definition) is 2. The van der Waals surface area contributed by atoms with E-state index in [1.54, 1.807) is 49.6 Å². The van der Waals surface area contributed by atoms with Gasteiger partial charge in [0.15, 0.2) is 6.10 Å². The number of ether oxygens (including phenoxy) is 1. The lowest BCUT2D eigenvalue weighted by atomic mass is 10.2. The summed E-state index contributed by atoms with van der Waals surface area (Å²) in [5, 5.41) is 5.55. The molecule has 2 N–H and O–H groups in total. The largest absolute Gasteiger partial charge is 0.481 e. The molecule has 6 nitrogen and oxygen atoms in total. The first kappa shape index (κ1) is 19.2. The Balaban J connectivity index is 1.57. The van der Waals surface area contributed by atoms with Crippen LogP contribution in [-0.2, 0) is 11.3 Å². The van der Waals surface area contributed by atoms with Crippen molar-refractivity contribution in [3.05, 3.63) is 83.8 Å². The number of amides is 2. The molecule has 0 aliphatic carbocycles. The van der Waals surface area contributed by atoms with Gasteiger partial charge >= 0.3 is 0 Å². The van der Waals surface area contributed by atoms with Crippen LogP contribution in [-0.4, -0.2) is 17.9 Å². The first-order chi connectivity index (χ1) is 13.5. The minimum Gasteiger partial charge on any atom is -0.481 e. The Labute approximate surface area is 163 Å². The Morgan fingerprint density at radius 3 is 2.57 bits per heavy atom. The van der Waals surface area contributed by atoms with E-state index in [2.05, 4.69) is 10.6 Å². The average molecular weight is 378 g/mol. The lowest BCUT2D eigenvalue weighted by Crippen LogP contribution is -2.30. The van der Waals surface area contributed by atoms with E-state index in [-0.39, 0.29) is 11.8 Å². The molecule has 2 aromatic carbocycles. The Morgan fingerprint density at radius 2 is 1.86 bits per heavy atom. The first-order valence-corrected chi connectivity index (χ1v) is 8.96. The minimum atomic E-state index is -0.681. The highest BCUT2D eigenvalue weighted by Crippen LogP contribution is 2.15. The number of rotatable bonds is 7. The van der Waals surface area contributed by atoms with Gasteiger partial charge in [-0.25, -0.2) is 0 Å². The fourth-order valence-electron chi connectivity index (χ4n) is 2.54. The Morgan fingerprint density at radius 1 is 1.07 bits per heavy atom. The van der Waals surface area contributed by atoms with E-state index >= 15 is 0 Å². The molecule has 0 radical (unpaired) electrons. The summed E-state index contributed by atoms with van der Waals surface area (Å²) >= 11 is 0. The summed E-state index contributed by atoms with van der Waals surface area (Å²) in [6.45, 7) is 3.95. The molecule has 0 bridgehead atoms. The molecule has 0 spiro atoms. The average Bonchev–Trinajstić information content (AvgIpc) is 3.21. The molecule has 1 aromatic heterocycles. The number of nitrogens with one attached hydrogen (secondary N) is 2. The number of aryl methyl sites for hydroxylation is 1. The number of furan rings is 1. The molecule has 144 valence electrons. The van der Waals surface area contributed by atoms with Gasteiger partial charge in [-0.05, 0) is 56.3 Å². The van der Waals surface area contributed by atoms with E-state index in [0.29, 0.717) is 29.3 Å². The second-order valence-electron chi connectivity index (χ2n) is 6.41. The molecule has 0 saturated heterocycles. The third kappa shape index (κ3) is 5.23. The van der Waals surface area contributed by atoms with Crippen molar-refractivity contribution in [2.75, 3.05) is 5.32 Å². The molecule has 1 atom stereocenters. The van der Waals surface area contributed by atoms with Crippen LogP contribution >= 0.6 is 0 Å². The quantitative estimate of drug-likeness (QED) is 0.653. The molecular weight excluding hydrogens is 356 g/mol. The van der Waals surface area contributed by atoms with E-state index in [1.807, 2.05) is 31.2 Å². The SMILES string of the molecule is Cc1ccc(OC(C)C(=O)Nc2cccc(C(=O)NCc3ccco3)c2)cc1. The van der Waals surface area contributed by atoms with Crippen molar-refractivity contribution in [1.82, 2.24) is 5.32 Å². The highest BCUT2D eigenvalue weighted by Gasteiger charge is 2.16. The second-order valence-corrected chi connectivity index (χ2v) is 6.41. The zero-order valence-electron chi connectivity index (χ0n) is 15.8. The van der Waals surface area contributed by atoms with Gasteiger partial charge in [-0.15, -0.1) is 0 Å². The maximum absolute atomic E-state index is 12.4. The lowest BCUT2D eigenvalue weighted by Gasteiger charge is -2.15. The molecule has 0 aliphatic heterocycles. The van der Waals surface area contributed by atoms with Crippen molar-refractivity contribution in [3.63, 3.8) is 0 Å². The van der Waals surface area contributed by atoms with Crippen LogP contribution in [0.3, 0.4) is 0 Å². The van der Waals surface area contributed by atoms with E-state index in [9.17, 15) is 9.59 Å². The van der Waals surface area contributed by atoms with Gasteiger partial charge in [-0.2, -0.15) is 0 Å². The van der Waals surface area contributed by atoms with Crippen LogP contribution in [0.1, 0.15) is 28.6 Å². The van der Waals surface area contributed by atoms with Crippen LogP contribution < -0.4 is 15.4 Å². The monoisotopic (exact) mass is 378 g/mol. The van der Waals surface area contributed by atoms with Gasteiger partial charge < -0.3 is 19.8 Å². The molecule has 0 aliphatic rings. The molecule has 0 fully saturated rings. The van der Waals surface area contributed by atoms with Crippen molar-refractivity contribution < 1.29 is 18.7 Å². The zero-order valence-corrected chi connectivity index (χ0v) is 15.8. The maximum Gasteiger partial charge on any atom is 0.265 e. The molecule has 6 heteroatoms. The third-order valence-corrected chi connectivity index (χ3v) is 4.10. The van der Waals surface area contributed by atoms with Gasteiger partial charge in [0.1, 0.15) is 11.5 Å². The minimum absolute atomic E-state index is 0.253. The number of carbonyl (C=O) groups is 2. The summed E-state index contributed by atoms with van der Waals surface area (Å²) in [5.74, 6) is 0.740. The van der Waals surface area contributed by atoms with E-state index in [0.717, 1.165) is 5.56 Å². The highest BCUT2D eigenvalue weighted by molar-refractivity contribution is 5.98. The Bertz CT molecular complexity index is 933. The summed E-state index contributed by atoms with van der Waals surface area (Å²) in [6, 6.07) is 17.8. The van der Waals surface area contributed by atoms with Gasteiger partial charge in [-0.3, -0.25) is 9.59 Å². The Hall–Kier alpha value is -3.54. The predicted molar refractivity (Wildman–Crippen MR) is 106 cm³/mol.